The smallest absolute Gasteiger partial charge is 0.293 e. The van der Waals surface area contributed by atoms with Gasteiger partial charge in [0.2, 0.25) is 0 Å². The van der Waals surface area contributed by atoms with Crippen LogP contribution in [0, 0.1) is 7.14 Å². The molecule has 146 valence electrons. The van der Waals surface area contributed by atoms with Crippen LogP contribution in [0.15, 0.2) is 41.3 Å². The standard InChI is InChI=1S/C20H16ClI2NO3S/c1-2-7-24-19(25)17(28-20(24)26)10-13-8-15(22)18(16(23)9-13)27-11-12-3-5-14(21)6-4-12/h3-6,8-10H,2,7,11H2,1H3/b17-10+. The Balaban J connectivity index is 1.77. The van der Waals surface area contributed by atoms with Crippen LogP contribution in [0.25, 0.3) is 6.08 Å². The minimum absolute atomic E-state index is 0.203. The van der Waals surface area contributed by atoms with Gasteiger partial charge in [0.25, 0.3) is 11.1 Å². The zero-order valence-corrected chi connectivity index (χ0v) is 20.8. The highest BCUT2D eigenvalue weighted by molar-refractivity contribution is 14.1. The van der Waals surface area contributed by atoms with E-state index in [0.717, 1.165) is 42.2 Å². The van der Waals surface area contributed by atoms with Crippen molar-refractivity contribution in [2.75, 3.05) is 6.54 Å². The third-order valence-corrected chi connectivity index (χ3v) is 6.70. The van der Waals surface area contributed by atoms with Gasteiger partial charge in [0, 0.05) is 11.6 Å². The van der Waals surface area contributed by atoms with E-state index >= 15 is 0 Å². The maximum atomic E-state index is 12.4. The molecule has 0 radical (unpaired) electrons. The van der Waals surface area contributed by atoms with Gasteiger partial charge in [-0.15, -0.1) is 0 Å². The largest absolute Gasteiger partial charge is 0.487 e. The molecule has 0 unspecified atom stereocenters. The van der Waals surface area contributed by atoms with Gasteiger partial charge in [0.15, 0.2) is 0 Å². The van der Waals surface area contributed by atoms with Crippen LogP contribution in [0.1, 0.15) is 24.5 Å². The molecule has 0 atom stereocenters. The fourth-order valence-corrected chi connectivity index (χ4v) is 5.72. The van der Waals surface area contributed by atoms with Crippen molar-refractivity contribution in [1.29, 1.82) is 0 Å². The molecule has 0 aromatic heterocycles. The van der Waals surface area contributed by atoms with Gasteiger partial charge in [0.05, 0.1) is 12.0 Å². The highest BCUT2D eigenvalue weighted by atomic mass is 127. The van der Waals surface area contributed by atoms with Gasteiger partial charge in [-0.3, -0.25) is 14.5 Å². The Morgan fingerprint density at radius 3 is 2.39 bits per heavy atom. The van der Waals surface area contributed by atoms with Gasteiger partial charge >= 0.3 is 0 Å². The molecule has 2 amide bonds. The third kappa shape index (κ3) is 5.22. The van der Waals surface area contributed by atoms with E-state index in [9.17, 15) is 9.59 Å². The fourth-order valence-electron chi connectivity index (χ4n) is 2.60. The topological polar surface area (TPSA) is 46.6 Å². The van der Waals surface area contributed by atoms with Gasteiger partial charge in [0.1, 0.15) is 12.4 Å². The summed E-state index contributed by atoms with van der Waals surface area (Å²) in [5.74, 6) is 0.581. The lowest BCUT2D eigenvalue weighted by atomic mass is 10.2. The molecule has 4 nitrogen and oxygen atoms in total. The van der Waals surface area contributed by atoms with E-state index in [2.05, 4.69) is 45.2 Å². The van der Waals surface area contributed by atoms with Crippen LogP contribution in [-0.2, 0) is 11.4 Å². The predicted molar refractivity (Wildman–Crippen MR) is 131 cm³/mol. The molecule has 0 bridgehead atoms. The van der Waals surface area contributed by atoms with E-state index in [-0.39, 0.29) is 11.1 Å². The molecule has 3 rings (SSSR count). The van der Waals surface area contributed by atoms with Crippen LogP contribution in [0.4, 0.5) is 4.79 Å². The lowest BCUT2D eigenvalue weighted by molar-refractivity contribution is -0.122. The van der Waals surface area contributed by atoms with E-state index in [0.29, 0.717) is 23.1 Å². The zero-order valence-electron chi connectivity index (χ0n) is 14.9. The second-order valence-electron chi connectivity index (χ2n) is 6.06. The van der Waals surface area contributed by atoms with Crippen molar-refractivity contribution >= 4 is 85.8 Å². The van der Waals surface area contributed by atoms with Crippen molar-refractivity contribution in [3.63, 3.8) is 0 Å². The number of halogens is 3. The van der Waals surface area contributed by atoms with Crippen LogP contribution in [0.5, 0.6) is 5.75 Å². The molecule has 1 fully saturated rings. The summed E-state index contributed by atoms with van der Waals surface area (Å²) in [7, 11) is 0. The molecule has 0 saturated carbocycles. The number of rotatable bonds is 6. The van der Waals surface area contributed by atoms with Gasteiger partial charge in [-0.25, -0.2) is 0 Å². The van der Waals surface area contributed by atoms with Crippen molar-refractivity contribution in [3.05, 3.63) is 64.6 Å². The molecule has 1 heterocycles. The average molecular weight is 640 g/mol. The Kier molecular flexibility index (Phi) is 7.68. The summed E-state index contributed by atoms with van der Waals surface area (Å²) in [5.41, 5.74) is 1.90. The zero-order chi connectivity index (χ0) is 20.3. The molecule has 0 spiro atoms. The number of carbonyl (C=O) groups excluding carboxylic acids is 2. The molecule has 0 aliphatic carbocycles. The summed E-state index contributed by atoms with van der Waals surface area (Å²) in [5, 5.41) is 0.492. The summed E-state index contributed by atoms with van der Waals surface area (Å²) in [6.07, 6.45) is 2.52. The van der Waals surface area contributed by atoms with Crippen molar-refractivity contribution < 1.29 is 14.3 Å². The molecule has 1 saturated heterocycles. The number of imide groups is 1. The highest BCUT2D eigenvalue weighted by Gasteiger charge is 2.34. The molecular weight excluding hydrogens is 624 g/mol. The number of amides is 2. The number of thioether (sulfide) groups is 1. The minimum atomic E-state index is -0.218. The number of hydrogen-bond acceptors (Lipinski definition) is 4. The first-order chi connectivity index (χ1) is 13.4. The monoisotopic (exact) mass is 639 g/mol. The van der Waals surface area contributed by atoms with Gasteiger partial charge in [-0.1, -0.05) is 30.7 Å². The summed E-state index contributed by atoms with van der Waals surface area (Å²) >= 11 is 11.4. The summed E-state index contributed by atoms with van der Waals surface area (Å²) in [6, 6.07) is 11.4. The third-order valence-electron chi connectivity index (χ3n) is 3.94. The quantitative estimate of drug-likeness (QED) is 0.265. The maximum Gasteiger partial charge on any atom is 0.293 e. The van der Waals surface area contributed by atoms with E-state index in [1.54, 1.807) is 6.08 Å². The first-order valence-electron chi connectivity index (χ1n) is 8.50. The number of hydrogen-bond donors (Lipinski definition) is 0. The lowest BCUT2D eigenvalue weighted by Gasteiger charge is -2.12. The molecule has 2 aromatic carbocycles. The average Bonchev–Trinajstić information content (AvgIpc) is 2.90. The van der Waals surface area contributed by atoms with Crippen LogP contribution < -0.4 is 4.74 Å². The van der Waals surface area contributed by atoms with E-state index in [1.165, 1.54) is 4.90 Å². The molecule has 1 aliphatic rings. The second kappa shape index (κ2) is 9.82. The van der Waals surface area contributed by atoms with E-state index < -0.39 is 0 Å². The molecule has 2 aromatic rings. The van der Waals surface area contributed by atoms with Crippen LogP contribution in [0.2, 0.25) is 5.02 Å². The van der Waals surface area contributed by atoms with Crippen LogP contribution in [0.3, 0.4) is 0 Å². The van der Waals surface area contributed by atoms with Crippen molar-refractivity contribution in [2.45, 2.75) is 20.0 Å². The van der Waals surface area contributed by atoms with E-state index in [1.807, 2.05) is 43.3 Å². The number of ether oxygens (including phenoxy) is 1. The van der Waals surface area contributed by atoms with Crippen LogP contribution >= 0.6 is 68.5 Å². The first-order valence-corrected chi connectivity index (χ1v) is 11.9. The fraction of sp³-hybridized carbons (Fsp3) is 0.200. The van der Waals surface area contributed by atoms with Crippen LogP contribution in [-0.4, -0.2) is 22.6 Å². The number of carbonyl (C=O) groups is 2. The maximum absolute atomic E-state index is 12.4. The summed E-state index contributed by atoms with van der Waals surface area (Å²) < 4.78 is 7.88. The van der Waals surface area contributed by atoms with Crippen molar-refractivity contribution in [3.8, 4) is 5.75 Å². The SMILES string of the molecule is CCCN1C(=O)S/C(=C/c2cc(I)c(OCc3ccc(Cl)cc3)c(I)c2)C1=O. The predicted octanol–water partition coefficient (Wildman–Crippen LogP) is 6.57. The minimum Gasteiger partial charge on any atom is -0.487 e. The number of benzene rings is 2. The van der Waals surface area contributed by atoms with Gasteiger partial charge < -0.3 is 4.74 Å². The second-order valence-corrected chi connectivity index (χ2v) is 9.82. The van der Waals surface area contributed by atoms with Gasteiger partial charge in [-0.2, -0.15) is 0 Å². The Morgan fingerprint density at radius 1 is 1.14 bits per heavy atom. The highest BCUT2D eigenvalue weighted by Crippen LogP contribution is 2.35. The summed E-state index contributed by atoms with van der Waals surface area (Å²) in [6.45, 7) is 2.84. The Morgan fingerprint density at radius 2 is 1.79 bits per heavy atom. The van der Waals surface area contributed by atoms with E-state index in [4.69, 9.17) is 16.3 Å². The summed E-state index contributed by atoms with van der Waals surface area (Å²) in [4.78, 5) is 26.2. The number of nitrogens with zero attached hydrogens (tertiary/aromatic N) is 1. The first kappa shape index (κ1) is 21.9. The lowest BCUT2D eigenvalue weighted by Crippen LogP contribution is -2.28. The van der Waals surface area contributed by atoms with Gasteiger partial charge in [-0.05, 0) is 105 Å². The molecule has 0 N–H and O–H groups in total. The van der Waals surface area contributed by atoms with Crippen molar-refractivity contribution in [2.24, 2.45) is 0 Å². The molecule has 8 heteroatoms. The molecular formula is C20H16ClI2NO3S. The Labute approximate surface area is 200 Å². The molecule has 28 heavy (non-hydrogen) atoms. The van der Waals surface area contributed by atoms with Crippen molar-refractivity contribution in [1.82, 2.24) is 4.90 Å². The Bertz CT molecular complexity index is 924. The molecule has 1 aliphatic heterocycles. The normalized spacial score (nSPS) is 15.6. The Hall–Kier alpha value is -0.780.